The Morgan fingerprint density at radius 1 is 1.29 bits per heavy atom. The molecule has 0 aliphatic carbocycles. The Hall–Kier alpha value is -2.18. The largest absolute Gasteiger partial charge is 0.341 e. The number of hydrogen-bond donors (Lipinski definition) is 2. The number of nitrogen functional groups attached to an aromatic ring is 1. The minimum Gasteiger partial charge on any atom is -0.341 e. The first-order chi connectivity index (χ1) is 10.2. The van der Waals surface area contributed by atoms with Gasteiger partial charge in [-0.15, -0.1) is 0 Å². The lowest BCUT2D eigenvalue weighted by molar-refractivity contribution is 0.0948. The zero-order valence-electron chi connectivity index (χ0n) is 11.1. The van der Waals surface area contributed by atoms with Gasteiger partial charge in [0.25, 0.3) is 5.91 Å². The third-order valence-electron chi connectivity index (χ3n) is 3.24. The number of nitrogens with two attached hydrogens (primary N) is 1. The van der Waals surface area contributed by atoms with Crippen LogP contribution in [0.4, 0.5) is 0 Å². The van der Waals surface area contributed by atoms with Crippen molar-refractivity contribution in [3.63, 3.8) is 0 Å². The van der Waals surface area contributed by atoms with Crippen molar-refractivity contribution in [3.8, 4) is 0 Å². The first-order valence-corrected chi connectivity index (χ1v) is 7.18. The van der Waals surface area contributed by atoms with Crippen LogP contribution in [0, 0.1) is 0 Å². The SMILES string of the molecule is NNC(=O)c1cccc(Cn2ccc3ccc(Br)cc32)n1. The average molecular weight is 345 g/mol. The van der Waals surface area contributed by atoms with Crippen LogP contribution >= 0.6 is 15.9 Å². The minimum absolute atomic E-state index is 0.313. The summed E-state index contributed by atoms with van der Waals surface area (Å²) < 4.78 is 3.12. The summed E-state index contributed by atoms with van der Waals surface area (Å²) in [5, 5.41) is 1.16. The summed E-state index contributed by atoms with van der Waals surface area (Å²) in [7, 11) is 0. The molecular weight excluding hydrogens is 332 g/mol. The molecule has 106 valence electrons. The maximum Gasteiger partial charge on any atom is 0.283 e. The van der Waals surface area contributed by atoms with Gasteiger partial charge in [-0.25, -0.2) is 10.8 Å². The fourth-order valence-electron chi connectivity index (χ4n) is 2.24. The number of carbonyl (C=O) groups excluding carboxylic acids is 1. The van der Waals surface area contributed by atoms with E-state index in [1.807, 2.05) is 18.3 Å². The van der Waals surface area contributed by atoms with Crippen LogP contribution in [0.25, 0.3) is 10.9 Å². The summed E-state index contributed by atoms with van der Waals surface area (Å²) >= 11 is 3.48. The topological polar surface area (TPSA) is 72.9 Å². The molecule has 3 rings (SSSR count). The van der Waals surface area contributed by atoms with Crippen molar-refractivity contribution < 1.29 is 4.79 Å². The Morgan fingerprint density at radius 3 is 2.95 bits per heavy atom. The molecule has 21 heavy (non-hydrogen) atoms. The molecule has 1 aromatic carbocycles. The van der Waals surface area contributed by atoms with Crippen LogP contribution in [0.15, 0.2) is 53.1 Å². The van der Waals surface area contributed by atoms with Crippen molar-refractivity contribution in [1.82, 2.24) is 15.0 Å². The minimum atomic E-state index is -0.392. The Labute approximate surface area is 129 Å². The number of pyridine rings is 1. The van der Waals surface area contributed by atoms with Gasteiger partial charge >= 0.3 is 0 Å². The second-order valence-corrected chi connectivity index (χ2v) is 5.55. The molecule has 0 fully saturated rings. The van der Waals surface area contributed by atoms with Gasteiger partial charge in [-0.2, -0.15) is 0 Å². The molecule has 0 aliphatic heterocycles. The first-order valence-electron chi connectivity index (χ1n) is 6.38. The van der Waals surface area contributed by atoms with Gasteiger partial charge in [-0.1, -0.05) is 28.1 Å². The molecule has 0 saturated carbocycles. The van der Waals surface area contributed by atoms with Gasteiger partial charge in [0.2, 0.25) is 0 Å². The first kappa shape index (κ1) is 13.8. The highest BCUT2D eigenvalue weighted by molar-refractivity contribution is 9.10. The van der Waals surface area contributed by atoms with Crippen molar-refractivity contribution in [1.29, 1.82) is 0 Å². The molecule has 0 unspecified atom stereocenters. The number of aromatic nitrogens is 2. The Morgan fingerprint density at radius 2 is 2.14 bits per heavy atom. The van der Waals surface area contributed by atoms with Crippen LogP contribution in [0.2, 0.25) is 0 Å². The van der Waals surface area contributed by atoms with Crippen molar-refractivity contribution >= 4 is 32.7 Å². The molecule has 1 amide bonds. The van der Waals surface area contributed by atoms with E-state index in [0.29, 0.717) is 12.2 Å². The van der Waals surface area contributed by atoms with Gasteiger partial charge < -0.3 is 4.57 Å². The molecule has 3 N–H and O–H groups in total. The Balaban J connectivity index is 1.95. The molecule has 3 aromatic rings. The van der Waals surface area contributed by atoms with Crippen LogP contribution in [-0.2, 0) is 6.54 Å². The second kappa shape index (κ2) is 5.67. The number of rotatable bonds is 3. The quantitative estimate of drug-likeness (QED) is 0.435. The maximum atomic E-state index is 11.5. The lowest BCUT2D eigenvalue weighted by Gasteiger charge is -2.07. The molecule has 2 aromatic heterocycles. The fraction of sp³-hybridized carbons (Fsp3) is 0.0667. The molecule has 0 saturated heterocycles. The Bertz CT molecular complexity index is 812. The molecule has 5 nitrogen and oxygen atoms in total. The second-order valence-electron chi connectivity index (χ2n) is 4.63. The van der Waals surface area contributed by atoms with Crippen LogP contribution in [0.3, 0.4) is 0 Å². The van der Waals surface area contributed by atoms with Crippen molar-refractivity contribution in [2.45, 2.75) is 6.54 Å². The lowest BCUT2D eigenvalue weighted by Crippen LogP contribution is -2.30. The molecular formula is C15H13BrN4O. The summed E-state index contributed by atoms with van der Waals surface area (Å²) in [4.78, 5) is 15.8. The van der Waals surface area contributed by atoms with E-state index >= 15 is 0 Å². The molecule has 0 atom stereocenters. The number of hydrogen-bond acceptors (Lipinski definition) is 3. The molecule has 6 heteroatoms. The molecule has 0 aliphatic rings. The van der Waals surface area contributed by atoms with Gasteiger partial charge in [0.05, 0.1) is 12.2 Å². The number of nitrogens with zero attached hydrogens (tertiary/aromatic N) is 2. The summed E-state index contributed by atoms with van der Waals surface area (Å²) in [5.41, 5.74) is 4.31. The smallest absolute Gasteiger partial charge is 0.283 e. The number of halogens is 1. The van der Waals surface area contributed by atoms with Gasteiger partial charge in [0.15, 0.2) is 0 Å². The normalized spacial score (nSPS) is 10.8. The van der Waals surface area contributed by atoms with E-state index in [2.05, 4.69) is 49.1 Å². The van der Waals surface area contributed by atoms with Crippen LogP contribution in [-0.4, -0.2) is 15.5 Å². The van der Waals surface area contributed by atoms with Crippen LogP contribution in [0.5, 0.6) is 0 Å². The van der Waals surface area contributed by atoms with Crippen LogP contribution < -0.4 is 11.3 Å². The summed E-state index contributed by atoms with van der Waals surface area (Å²) in [6.45, 7) is 0.589. The molecule has 0 spiro atoms. The summed E-state index contributed by atoms with van der Waals surface area (Å²) in [5.74, 6) is 4.74. The number of fused-ring (bicyclic) bond motifs is 1. The molecule has 2 heterocycles. The van der Waals surface area contributed by atoms with E-state index in [1.165, 1.54) is 0 Å². The number of nitrogens with one attached hydrogen (secondary N) is 1. The highest BCUT2D eigenvalue weighted by Gasteiger charge is 2.07. The zero-order chi connectivity index (χ0) is 14.8. The lowest BCUT2D eigenvalue weighted by atomic mass is 10.2. The maximum absolute atomic E-state index is 11.5. The number of amides is 1. The summed E-state index contributed by atoms with van der Waals surface area (Å²) in [6.07, 6.45) is 2.01. The highest BCUT2D eigenvalue weighted by Crippen LogP contribution is 2.21. The van der Waals surface area contributed by atoms with E-state index in [4.69, 9.17) is 5.84 Å². The average Bonchev–Trinajstić information content (AvgIpc) is 2.89. The van der Waals surface area contributed by atoms with Crippen LogP contribution in [0.1, 0.15) is 16.2 Å². The predicted octanol–water partition coefficient (Wildman–Crippen LogP) is 2.45. The highest BCUT2D eigenvalue weighted by atomic mass is 79.9. The number of benzene rings is 1. The van der Waals surface area contributed by atoms with Gasteiger partial charge in [0.1, 0.15) is 5.69 Å². The Kier molecular flexibility index (Phi) is 3.72. The van der Waals surface area contributed by atoms with E-state index < -0.39 is 5.91 Å². The van der Waals surface area contributed by atoms with E-state index in [0.717, 1.165) is 21.1 Å². The van der Waals surface area contributed by atoms with Gasteiger partial charge in [-0.05, 0) is 35.7 Å². The third-order valence-corrected chi connectivity index (χ3v) is 3.73. The molecule has 0 radical (unpaired) electrons. The summed E-state index contributed by atoms with van der Waals surface area (Å²) in [6, 6.07) is 13.5. The van der Waals surface area contributed by atoms with Gasteiger partial charge in [0, 0.05) is 16.2 Å². The van der Waals surface area contributed by atoms with Crippen molar-refractivity contribution in [3.05, 3.63) is 64.5 Å². The van der Waals surface area contributed by atoms with Crippen molar-refractivity contribution in [2.75, 3.05) is 0 Å². The van der Waals surface area contributed by atoms with E-state index in [9.17, 15) is 4.79 Å². The predicted molar refractivity (Wildman–Crippen MR) is 84.6 cm³/mol. The monoisotopic (exact) mass is 344 g/mol. The zero-order valence-corrected chi connectivity index (χ0v) is 12.7. The van der Waals surface area contributed by atoms with E-state index in [1.54, 1.807) is 12.1 Å². The fourth-order valence-corrected chi connectivity index (χ4v) is 2.59. The number of hydrazine groups is 1. The third kappa shape index (κ3) is 2.81. The number of carbonyl (C=O) groups is 1. The molecule has 0 bridgehead atoms. The van der Waals surface area contributed by atoms with E-state index in [-0.39, 0.29) is 0 Å². The standard InChI is InChI=1S/C15H13BrN4O/c16-11-5-4-10-6-7-20(14(10)8-11)9-12-2-1-3-13(18-12)15(21)19-17/h1-8H,9,17H2,(H,19,21). The van der Waals surface area contributed by atoms with Gasteiger partial charge in [-0.3, -0.25) is 10.2 Å². The van der Waals surface area contributed by atoms with Crippen molar-refractivity contribution in [2.24, 2.45) is 5.84 Å².